The van der Waals surface area contributed by atoms with E-state index in [0.29, 0.717) is 17.1 Å². The summed E-state index contributed by atoms with van der Waals surface area (Å²) in [6.07, 6.45) is 0. The van der Waals surface area contributed by atoms with Gasteiger partial charge in [0, 0.05) is 15.7 Å². The molecule has 2 rings (SSSR count). The van der Waals surface area contributed by atoms with Crippen molar-refractivity contribution in [3.63, 3.8) is 0 Å². The lowest BCUT2D eigenvalue weighted by Crippen LogP contribution is -2.00. The van der Waals surface area contributed by atoms with Crippen molar-refractivity contribution < 1.29 is 9.13 Å². The molecule has 0 aliphatic heterocycles. The maximum absolute atomic E-state index is 13.0. The maximum atomic E-state index is 13.0. The zero-order valence-corrected chi connectivity index (χ0v) is 11.1. The van der Waals surface area contributed by atoms with Crippen molar-refractivity contribution in [1.82, 2.24) is 0 Å². The molecule has 0 unspecified atom stereocenters. The van der Waals surface area contributed by atoms with Crippen molar-refractivity contribution in [3.05, 3.63) is 57.4 Å². The Morgan fingerprint density at radius 3 is 2.47 bits per heavy atom. The van der Waals surface area contributed by atoms with E-state index in [9.17, 15) is 4.39 Å². The lowest BCUT2D eigenvalue weighted by atomic mass is 10.2. The van der Waals surface area contributed by atoms with E-state index in [1.165, 1.54) is 12.1 Å². The molecular weight excluding hydrogens is 332 g/mol. The van der Waals surface area contributed by atoms with Crippen molar-refractivity contribution in [2.24, 2.45) is 5.73 Å². The van der Waals surface area contributed by atoms with Crippen LogP contribution in [0.25, 0.3) is 0 Å². The quantitative estimate of drug-likeness (QED) is 0.863. The summed E-state index contributed by atoms with van der Waals surface area (Å²) in [6, 6.07) is 12.0. The molecule has 17 heavy (non-hydrogen) atoms. The second kappa shape index (κ2) is 5.46. The van der Waals surface area contributed by atoms with E-state index in [1.807, 2.05) is 24.3 Å². The Bertz CT molecular complexity index is 513. The number of rotatable bonds is 3. The monoisotopic (exact) mass is 343 g/mol. The highest BCUT2D eigenvalue weighted by atomic mass is 127. The fourth-order valence-corrected chi connectivity index (χ4v) is 1.80. The van der Waals surface area contributed by atoms with Gasteiger partial charge in [-0.2, -0.15) is 0 Å². The molecule has 88 valence electrons. The van der Waals surface area contributed by atoms with Crippen molar-refractivity contribution in [2.75, 3.05) is 0 Å². The number of ether oxygens (including phenoxy) is 1. The Morgan fingerprint density at radius 1 is 1.12 bits per heavy atom. The highest BCUT2D eigenvalue weighted by molar-refractivity contribution is 14.1. The number of hydrogen-bond acceptors (Lipinski definition) is 2. The molecule has 0 spiro atoms. The first-order valence-corrected chi connectivity index (χ1v) is 6.19. The van der Waals surface area contributed by atoms with Gasteiger partial charge in [-0.15, -0.1) is 0 Å². The molecule has 0 aliphatic carbocycles. The molecule has 0 heterocycles. The van der Waals surface area contributed by atoms with Crippen molar-refractivity contribution in [1.29, 1.82) is 0 Å². The third-order valence-corrected chi connectivity index (χ3v) is 3.00. The van der Waals surface area contributed by atoms with Gasteiger partial charge in [0.15, 0.2) is 0 Å². The summed E-state index contributed by atoms with van der Waals surface area (Å²) in [6.45, 7) is 0.247. The molecular formula is C13H11FINO. The SMILES string of the molecule is NCc1cc(F)ccc1Oc1ccc(I)cc1. The fraction of sp³-hybridized carbons (Fsp3) is 0.0769. The summed E-state index contributed by atoms with van der Waals surface area (Å²) >= 11 is 2.22. The third-order valence-electron chi connectivity index (χ3n) is 2.28. The van der Waals surface area contributed by atoms with Crippen LogP contribution in [0.2, 0.25) is 0 Å². The van der Waals surface area contributed by atoms with E-state index in [-0.39, 0.29) is 12.4 Å². The standard InChI is InChI=1S/C13H11FINO/c14-10-1-6-13(9(7-10)8-16)17-12-4-2-11(15)3-5-12/h1-7H,8,16H2. The van der Waals surface area contributed by atoms with Crippen LogP contribution < -0.4 is 10.5 Å². The van der Waals surface area contributed by atoms with Crippen LogP contribution in [-0.4, -0.2) is 0 Å². The van der Waals surface area contributed by atoms with Crippen LogP contribution >= 0.6 is 22.6 Å². The van der Waals surface area contributed by atoms with Gasteiger partial charge in [0.2, 0.25) is 0 Å². The zero-order valence-electron chi connectivity index (χ0n) is 8.99. The molecule has 2 aromatic rings. The van der Waals surface area contributed by atoms with E-state index >= 15 is 0 Å². The first kappa shape index (κ1) is 12.3. The van der Waals surface area contributed by atoms with Gasteiger partial charge in [0.05, 0.1) is 0 Å². The summed E-state index contributed by atoms with van der Waals surface area (Å²) in [5.74, 6) is 1.00. The van der Waals surface area contributed by atoms with Gasteiger partial charge in [0.25, 0.3) is 0 Å². The molecule has 2 aromatic carbocycles. The minimum absolute atomic E-state index is 0.247. The summed E-state index contributed by atoms with van der Waals surface area (Å²) in [4.78, 5) is 0. The minimum Gasteiger partial charge on any atom is -0.457 e. The lowest BCUT2D eigenvalue weighted by molar-refractivity contribution is 0.473. The zero-order chi connectivity index (χ0) is 12.3. The molecule has 2 nitrogen and oxygen atoms in total. The lowest BCUT2D eigenvalue weighted by Gasteiger charge is -2.10. The van der Waals surface area contributed by atoms with E-state index in [1.54, 1.807) is 6.07 Å². The summed E-state index contributed by atoms with van der Waals surface area (Å²) < 4.78 is 19.8. The second-order valence-electron chi connectivity index (χ2n) is 3.51. The van der Waals surface area contributed by atoms with E-state index in [4.69, 9.17) is 10.5 Å². The molecule has 4 heteroatoms. The number of halogens is 2. The molecule has 0 bridgehead atoms. The highest BCUT2D eigenvalue weighted by Crippen LogP contribution is 2.26. The van der Waals surface area contributed by atoms with Crippen LogP contribution in [0, 0.1) is 9.39 Å². The molecule has 0 aliphatic rings. The summed E-state index contributed by atoms with van der Waals surface area (Å²) in [5.41, 5.74) is 6.21. The predicted octanol–water partition coefficient (Wildman–Crippen LogP) is 3.68. The van der Waals surface area contributed by atoms with Crippen molar-refractivity contribution in [3.8, 4) is 11.5 Å². The predicted molar refractivity (Wildman–Crippen MR) is 73.5 cm³/mol. The van der Waals surface area contributed by atoms with Gasteiger partial charge in [-0.3, -0.25) is 0 Å². The smallest absolute Gasteiger partial charge is 0.132 e. The Kier molecular flexibility index (Phi) is 3.96. The number of hydrogen-bond donors (Lipinski definition) is 1. The first-order valence-electron chi connectivity index (χ1n) is 5.11. The average molecular weight is 343 g/mol. The van der Waals surface area contributed by atoms with Crippen LogP contribution in [0.15, 0.2) is 42.5 Å². The fourth-order valence-electron chi connectivity index (χ4n) is 1.44. The van der Waals surface area contributed by atoms with Gasteiger partial charge >= 0.3 is 0 Å². The molecule has 0 aromatic heterocycles. The number of benzene rings is 2. The molecule has 0 amide bonds. The van der Waals surface area contributed by atoms with Gasteiger partial charge < -0.3 is 10.5 Å². The topological polar surface area (TPSA) is 35.2 Å². The minimum atomic E-state index is -0.305. The van der Waals surface area contributed by atoms with Crippen molar-refractivity contribution >= 4 is 22.6 Å². The highest BCUT2D eigenvalue weighted by Gasteiger charge is 2.05. The van der Waals surface area contributed by atoms with E-state index in [0.717, 1.165) is 3.57 Å². The van der Waals surface area contributed by atoms with E-state index in [2.05, 4.69) is 22.6 Å². The molecule has 0 saturated carbocycles. The Hall–Kier alpha value is -1.14. The van der Waals surface area contributed by atoms with E-state index < -0.39 is 0 Å². The average Bonchev–Trinajstić information content (AvgIpc) is 2.34. The first-order chi connectivity index (χ1) is 8.19. The molecule has 2 N–H and O–H groups in total. The maximum Gasteiger partial charge on any atom is 0.132 e. The van der Waals surface area contributed by atoms with Crippen LogP contribution in [0.4, 0.5) is 4.39 Å². The van der Waals surface area contributed by atoms with Gasteiger partial charge in [-0.25, -0.2) is 4.39 Å². The number of nitrogens with two attached hydrogens (primary N) is 1. The van der Waals surface area contributed by atoms with Crippen LogP contribution in [0.5, 0.6) is 11.5 Å². The van der Waals surface area contributed by atoms with Gasteiger partial charge in [-0.05, 0) is 65.1 Å². The van der Waals surface area contributed by atoms with Gasteiger partial charge in [0.1, 0.15) is 17.3 Å². The summed E-state index contributed by atoms with van der Waals surface area (Å²) in [7, 11) is 0. The molecule has 0 saturated heterocycles. The third kappa shape index (κ3) is 3.17. The largest absolute Gasteiger partial charge is 0.457 e. The Morgan fingerprint density at radius 2 is 1.82 bits per heavy atom. The van der Waals surface area contributed by atoms with Crippen LogP contribution in [-0.2, 0) is 6.54 Å². The Balaban J connectivity index is 2.26. The normalized spacial score (nSPS) is 10.3. The molecule has 0 radical (unpaired) electrons. The van der Waals surface area contributed by atoms with Crippen LogP contribution in [0.3, 0.4) is 0 Å². The Labute approximate surface area is 113 Å². The van der Waals surface area contributed by atoms with Crippen LogP contribution in [0.1, 0.15) is 5.56 Å². The molecule has 0 atom stereocenters. The van der Waals surface area contributed by atoms with Gasteiger partial charge in [-0.1, -0.05) is 0 Å². The molecule has 0 fully saturated rings. The summed E-state index contributed by atoms with van der Waals surface area (Å²) in [5, 5.41) is 0. The van der Waals surface area contributed by atoms with Crippen molar-refractivity contribution in [2.45, 2.75) is 6.54 Å². The second-order valence-corrected chi connectivity index (χ2v) is 4.76.